The van der Waals surface area contributed by atoms with Gasteiger partial charge in [-0.05, 0) is 31.3 Å². The molecule has 1 aliphatic rings. The summed E-state index contributed by atoms with van der Waals surface area (Å²) in [7, 11) is 0. The van der Waals surface area contributed by atoms with Crippen LogP contribution in [0, 0.1) is 0 Å². The number of para-hydroxylation sites is 2. The van der Waals surface area contributed by atoms with Crippen LogP contribution >= 0.6 is 12.2 Å². The fraction of sp³-hybridized carbons (Fsp3) is 0.278. The molecular formula is C18H22N3OS+. The first-order valence-corrected chi connectivity index (χ1v) is 8.33. The van der Waals surface area contributed by atoms with Crippen molar-refractivity contribution in [1.29, 1.82) is 0 Å². The third kappa shape index (κ3) is 3.81. The Balaban J connectivity index is 1.77. The number of hydrogen-bond acceptors (Lipinski definition) is 2. The number of nitrogens with one attached hydrogen (secondary N) is 2. The van der Waals surface area contributed by atoms with Crippen molar-refractivity contribution in [2.45, 2.75) is 13.5 Å². The van der Waals surface area contributed by atoms with Crippen LogP contribution in [0.5, 0.6) is 5.75 Å². The molecule has 1 atom stereocenters. The lowest BCUT2D eigenvalue weighted by molar-refractivity contribution is -0.916. The van der Waals surface area contributed by atoms with Gasteiger partial charge in [-0.1, -0.05) is 42.5 Å². The molecule has 0 aliphatic carbocycles. The summed E-state index contributed by atoms with van der Waals surface area (Å²) >= 11 is 5.52. The fourth-order valence-electron chi connectivity index (χ4n) is 2.80. The standard InChI is InChI=1S/C18H21N3OS/c1-2-22-17-11-7-6-10-16(17)21-14-20(13-19-18(21)23)12-15-8-4-3-5-9-15/h3-11H,2,12-14H2,1H3,(H,19,23)/p+1. The van der Waals surface area contributed by atoms with Crippen LogP contribution in [0.15, 0.2) is 54.6 Å². The molecule has 4 nitrogen and oxygen atoms in total. The van der Waals surface area contributed by atoms with Crippen LogP contribution in [-0.4, -0.2) is 25.1 Å². The monoisotopic (exact) mass is 328 g/mol. The summed E-state index contributed by atoms with van der Waals surface area (Å²) in [6.07, 6.45) is 0. The van der Waals surface area contributed by atoms with Gasteiger partial charge in [0.25, 0.3) is 0 Å². The minimum absolute atomic E-state index is 0.644. The van der Waals surface area contributed by atoms with E-state index in [0.717, 1.165) is 36.4 Å². The van der Waals surface area contributed by atoms with E-state index < -0.39 is 0 Å². The normalized spacial score (nSPS) is 17.7. The van der Waals surface area contributed by atoms with Gasteiger partial charge in [0.15, 0.2) is 18.4 Å². The summed E-state index contributed by atoms with van der Waals surface area (Å²) in [6, 6.07) is 18.6. The molecule has 1 aliphatic heterocycles. The van der Waals surface area contributed by atoms with Gasteiger partial charge in [-0.2, -0.15) is 0 Å². The molecule has 1 unspecified atom stereocenters. The Labute approximate surface area is 142 Å². The number of ether oxygens (including phenoxy) is 1. The second-order valence-electron chi connectivity index (χ2n) is 5.56. The molecule has 1 saturated heterocycles. The fourth-order valence-corrected chi connectivity index (χ4v) is 3.04. The zero-order valence-electron chi connectivity index (χ0n) is 13.3. The highest BCUT2D eigenvalue weighted by atomic mass is 32.1. The molecule has 2 aromatic rings. The van der Waals surface area contributed by atoms with Crippen LogP contribution in [0.1, 0.15) is 12.5 Å². The zero-order chi connectivity index (χ0) is 16.1. The molecule has 5 heteroatoms. The van der Waals surface area contributed by atoms with Crippen LogP contribution in [-0.2, 0) is 6.54 Å². The summed E-state index contributed by atoms with van der Waals surface area (Å²) < 4.78 is 5.75. The van der Waals surface area contributed by atoms with Crippen molar-refractivity contribution in [3.8, 4) is 5.75 Å². The number of anilines is 1. The zero-order valence-corrected chi connectivity index (χ0v) is 14.1. The van der Waals surface area contributed by atoms with Gasteiger partial charge in [0.05, 0.1) is 12.3 Å². The average molecular weight is 328 g/mol. The van der Waals surface area contributed by atoms with Crippen molar-refractivity contribution in [3.05, 3.63) is 60.2 Å². The molecule has 0 bridgehead atoms. The molecule has 1 fully saturated rings. The minimum atomic E-state index is 0.644. The first kappa shape index (κ1) is 15.8. The van der Waals surface area contributed by atoms with Gasteiger partial charge in [0.2, 0.25) is 0 Å². The summed E-state index contributed by atoms with van der Waals surface area (Å²) in [5.74, 6) is 0.875. The summed E-state index contributed by atoms with van der Waals surface area (Å²) in [4.78, 5) is 3.54. The van der Waals surface area contributed by atoms with Crippen molar-refractivity contribution in [2.75, 3.05) is 24.8 Å². The van der Waals surface area contributed by atoms with Gasteiger partial charge < -0.3 is 10.1 Å². The molecule has 23 heavy (non-hydrogen) atoms. The van der Waals surface area contributed by atoms with Crippen LogP contribution in [0.4, 0.5) is 5.69 Å². The quantitative estimate of drug-likeness (QED) is 0.819. The van der Waals surface area contributed by atoms with Crippen LogP contribution in [0.25, 0.3) is 0 Å². The highest BCUT2D eigenvalue weighted by Gasteiger charge is 2.26. The molecular weight excluding hydrogens is 306 g/mol. The molecule has 0 spiro atoms. The number of hydrogen-bond donors (Lipinski definition) is 2. The van der Waals surface area contributed by atoms with E-state index >= 15 is 0 Å². The Morgan fingerprint density at radius 1 is 1.13 bits per heavy atom. The maximum absolute atomic E-state index is 5.75. The van der Waals surface area contributed by atoms with E-state index in [0.29, 0.717) is 6.61 Å². The molecule has 0 aromatic heterocycles. The van der Waals surface area contributed by atoms with E-state index in [9.17, 15) is 0 Å². The topological polar surface area (TPSA) is 28.9 Å². The Hall–Kier alpha value is -2.11. The second-order valence-corrected chi connectivity index (χ2v) is 5.94. The molecule has 120 valence electrons. The van der Waals surface area contributed by atoms with Gasteiger partial charge in [-0.25, -0.2) is 0 Å². The summed E-state index contributed by atoms with van der Waals surface area (Å²) in [5.41, 5.74) is 2.35. The highest BCUT2D eigenvalue weighted by molar-refractivity contribution is 7.80. The van der Waals surface area contributed by atoms with E-state index in [1.54, 1.807) is 0 Å². The predicted octanol–water partition coefficient (Wildman–Crippen LogP) is 1.78. The molecule has 3 rings (SSSR count). The predicted molar refractivity (Wildman–Crippen MR) is 96.7 cm³/mol. The van der Waals surface area contributed by atoms with Gasteiger partial charge in [0, 0.05) is 5.56 Å². The van der Waals surface area contributed by atoms with E-state index in [1.807, 2.05) is 31.2 Å². The van der Waals surface area contributed by atoms with Gasteiger partial charge in [-0.3, -0.25) is 9.80 Å². The molecule has 2 aromatic carbocycles. The molecule has 0 amide bonds. The van der Waals surface area contributed by atoms with Crippen molar-refractivity contribution in [3.63, 3.8) is 0 Å². The van der Waals surface area contributed by atoms with E-state index in [-0.39, 0.29) is 0 Å². The Bertz CT molecular complexity index is 662. The third-order valence-electron chi connectivity index (χ3n) is 3.87. The van der Waals surface area contributed by atoms with Crippen molar-refractivity contribution < 1.29 is 9.64 Å². The number of rotatable bonds is 5. The maximum atomic E-state index is 5.75. The Morgan fingerprint density at radius 2 is 1.87 bits per heavy atom. The van der Waals surface area contributed by atoms with E-state index in [2.05, 4.69) is 40.5 Å². The summed E-state index contributed by atoms with van der Waals surface area (Å²) in [5, 5.41) is 4.09. The van der Waals surface area contributed by atoms with Crippen LogP contribution in [0.2, 0.25) is 0 Å². The molecule has 0 radical (unpaired) electrons. The van der Waals surface area contributed by atoms with Crippen LogP contribution < -0.4 is 19.9 Å². The van der Waals surface area contributed by atoms with E-state index in [4.69, 9.17) is 17.0 Å². The lowest BCUT2D eigenvalue weighted by Gasteiger charge is -2.35. The van der Waals surface area contributed by atoms with Gasteiger partial charge >= 0.3 is 0 Å². The SMILES string of the molecule is CCOc1ccccc1N1C[NH+](Cc2ccccc2)CNC1=S. The molecule has 2 N–H and O–H groups in total. The lowest BCUT2D eigenvalue weighted by atomic mass is 10.2. The first-order valence-electron chi connectivity index (χ1n) is 7.92. The van der Waals surface area contributed by atoms with Crippen molar-refractivity contribution >= 4 is 23.0 Å². The number of nitrogens with zero attached hydrogens (tertiary/aromatic N) is 1. The number of benzene rings is 2. The second kappa shape index (κ2) is 7.44. The van der Waals surface area contributed by atoms with E-state index in [1.165, 1.54) is 10.5 Å². The first-order chi connectivity index (χ1) is 11.3. The van der Waals surface area contributed by atoms with Gasteiger partial charge in [0.1, 0.15) is 12.3 Å². The average Bonchev–Trinajstić information content (AvgIpc) is 2.59. The lowest BCUT2D eigenvalue weighted by Crippen LogP contribution is -3.16. The van der Waals surface area contributed by atoms with Crippen molar-refractivity contribution in [1.82, 2.24) is 5.32 Å². The number of thiocarbonyl (C=S) groups is 1. The largest absolute Gasteiger partial charge is 0.492 e. The molecule has 0 saturated carbocycles. The number of quaternary nitrogens is 1. The minimum Gasteiger partial charge on any atom is -0.492 e. The maximum Gasteiger partial charge on any atom is 0.182 e. The molecule has 1 heterocycles. The Kier molecular flexibility index (Phi) is 5.10. The Morgan fingerprint density at radius 3 is 2.65 bits per heavy atom. The van der Waals surface area contributed by atoms with Crippen molar-refractivity contribution in [2.24, 2.45) is 0 Å². The smallest absolute Gasteiger partial charge is 0.182 e. The van der Waals surface area contributed by atoms with Gasteiger partial charge in [-0.15, -0.1) is 0 Å². The summed E-state index contributed by atoms with van der Waals surface area (Å²) in [6.45, 7) is 5.26. The highest BCUT2D eigenvalue weighted by Crippen LogP contribution is 2.27. The van der Waals surface area contributed by atoms with Crippen LogP contribution in [0.3, 0.4) is 0 Å². The third-order valence-corrected chi connectivity index (χ3v) is 4.23.